The van der Waals surface area contributed by atoms with Gasteiger partial charge in [0.15, 0.2) is 5.78 Å². The number of nitrogens with one attached hydrogen (secondary N) is 1. The molecule has 0 spiro atoms. The molecule has 276 valence electrons. The number of ether oxygens (including phenoxy) is 3. The van der Waals surface area contributed by atoms with Gasteiger partial charge in [-0.25, -0.2) is 22.8 Å². The molecular weight excluding hydrogens is 665 g/mol. The van der Waals surface area contributed by atoms with E-state index in [-0.39, 0.29) is 44.6 Å². The van der Waals surface area contributed by atoms with Crippen molar-refractivity contribution in [2.24, 2.45) is 0 Å². The topological polar surface area (TPSA) is 114 Å². The molecule has 0 aromatic heterocycles. The lowest BCUT2D eigenvalue weighted by atomic mass is 9.81. The molecule has 3 aromatic carbocycles. The fraction of sp³-hybridized carbons (Fsp3) is 0.462. The van der Waals surface area contributed by atoms with Crippen molar-refractivity contribution in [3.63, 3.8) is 0 Å². The van der Waals surface area contributed by atoms with Crippen molar-refractivity contribution in [3.8, 4) is 0 Å². The number of carbonyl (C=O) groups excluding carboxylic acids is 3. The second-order valence-corrected chi connectivity index (χ2v) is 14.7. The van der Waals surface area contributed by atoms with Crippen LogP contribution in [0.5, 0.6) is 0 Å². The molecule has 1 fully saturated rings. The maximum Gasteiger partial charge on any atom is 0.410 e. The molecule has 4 rings (SSSR count). The van der Waals surface area contributed by atoms with Gasteiger partial charge in [0, 0.05) is 12.3 Å². The summed E-state index contributed by atoms with van der Waals surface area (Å²) < 4.78 is 60.5. The Balaban J connectivity index is 1.63. The van der Waals surface area contributed by atoms with E-state index in [0.29, 0.717) is 16.7 Å². The van der Waals surface area contributed by atoms with Gasteiger partial charge < -0.3 is 24.6 Å². The number of amides is 2. The Morgan fingerprint density at radius 2 is 1.45 bits per heavy atom. The quantitative estimate of drug-likeness (QED) is 0.223. The van der Waals surface area contributed by atoms with Crippen LogP contribution in [0, 0.1) is 17.5 Å². The first kappa shape index (κ1) is 39.4. The first-order valence-corrected chi connectivity index (χ1v) is 17.0. The zero-order valence-electron chi connectivity index (χ0n) is 29.9. The third-order valence-corrected chi connectivity index (χ3v) is 8.31. The van der Waals surface area contributed by atoms with Crippen LogP contribution in [-0.4, -0.2) is 77.1 Å². The molecule has 0 aliphatic carbocycles. The Labute approximate surface area is 297 Å². The van der Waals surface area contributed by atoms with Crippen molar-refractivity contribution in [1.82, 2.24) is 10.2 Å². The number of morpholine rings is 1. The van der Waals surface area contributed by atoms with E-state index in [9.17, 15) is 28.3 Å². The van der Waals surface area contributed by atoms with Crippen LogP contribution in [0.3, 0.4) is 0 Å². The van der Waals surface area contributed by atoms with E-state index in [4.69, 9.17) is 14.2 Å². The minimum atomic E-state index is -1.29. The highest BCUT2D eigenvalue weighted by Crippen LogP contribution is 2.31. The minimum Gasteiger partial charge on any atom is -0.444 e. The van der Waals surface area contributed by atoms with Crippen molar-refractivity contribution in [2.45, 2.75) is 96.1 Å². The predicted molar refractivity (Wildman–Crippen MR) is 185 cm³/mol. The third-order valence-electron chi connectivity index (χ3n) is 8.31. The van der Waals surface area contributed by atoms with Gasteiger partial charge in [0.05, 0.1) is 31.9 Å². The number of alkyl carbamates (subject to hydrolysis) is 1. The van der Waals surface area contributed by atoms with Gasteiger partial charge in [-0.1, -0.05) is 36.4 Å². The van der Waals surface area contributed by atoms with Gasteiger partial charge in [0.2, 0.25) is 0 Å². The molecule has 3 atom stereocenters. The van der Waals surface area contributed by atoms with E-state index >= 15 is 4.39 Å². The summed E-state index contributed by atoms with van der Waals surface area (Å²) in [5.74, 6) is -2.95. The van der Waals surface area contributed by atoms with Gasteiger partial charge in [-0.2, -0.15) is 0 Å². The number of ketones is 1. The third kappa shape index (κ3) is 11.3. The number of rotatable bonds is 11. The molecule has 9 nitrogen and oxygen atoms in total. The second-order valence-electron chi connectivity index (χ2n) is 14.7. The van der Waals surface area contributed by atoms with Gasteiger partial charge in [-0.15, -0.1) is 0 Å². The van der Waals surface area contributed by atoms with Crippen molar-refractivity contribution in [2.75, 3.05) is 19.8 Å². The highest BCUT2D eigenvalue weighted by atomic mass is 19.1. The van der Waals surface area contributed by atoms with E-state index in [1.807, 2.05) is 0 Å². The fourth-order valence-electron chi connectivity index (χ4n) is 5.98. The summed E-state index contributed by atoms with van der Waals surface area (Å²) in [6.07, 6.45) is -1.84. The SMILES string of the molecule is CC(C)(C)OC(=O)N[C@H](C(=O)Cc1cccc(F)c1CC[C@@H]1CN(C(=O)OC(C)(C)C)[C@H](CO)CO1)C(c1ccc(F)cc1)c1ccc(F)cc1. The number of aliphatic hydroxyl groups excluding tert-OH is 1. The van der Waals surface area contributed by atoms with E-state index in [1.165, 1.54) is 65.6 Å². The molecular formula is C39H47F3N2O7. The second kappa shape index (κ2) is 16.7. The van der Waals surface area contributed by atoms with Crippen LogP contribution in [0.4, 0.5) is 22.8 Å². The van der Waals surface area contributed by atoms with Crippen molar-refractivity contribution in [3.05, 3.63) is 106 Å². The van der Waals surface area contributed by atoms with Crippen molar-refractivity contribution >= 4 is 18.0 Å². The average molecular weight is 713 g/mol. The maximum atomic E-state index is 15.5. The zero-order chi connectivity index (χ0) is 37.5. The van der Waals surface area contributed by atoms with Crippen LogP contribution in [0.15, 0.2) is 66.7 Å². The smallest absolute Gasteiger partial charge is 0.410 e. The summed E-state index contributed by atoms with van der Waals surface area (Å²) in [6.45, 7) is 10.1. The summed E-state index contributed by atoms with van der Waals surface area (Å²) in [6, 6.07) is 13.4. The van der Waals surface area contributed by atoms with Gasteiger partial charge in [0.25, 0.3) is 0 Å². The van der Waals surface area contributed by atoms with E-state index < -0.39 is 70.7 Å². The summed E-state index contributed by atoms with van der Waals surface area (Å²) >= 11 is 0. The lowest BCUT2D eigenvalue weighted by Crippen LogP contribution is -2.55. The Kier molecular flexibility index (Phi) is 12.9. The van der Waals surface area contributed by atoms with E-state index in [0.717, 1.165) is 0 Å². The molecule has 2 amide bonds. The average Bonchev–Trinajstić information content (AvgIpc) is 3.04. The number of halogens is 3. The zero-order valence-corrected chi connectivity index (χ0v) is 29.9. The predicted octanol–water partition coefficient (Wildman–Crippen LogP) is 6.87. The Morgan fingerprint density at radius 3 is 1.98 bits per heavy atom. The minimum absolute atomic E-state index is 0.0647. The summed E-state index contributed by atoms with van der Waals surface area (Å²) in [5.41, 5.74) is -0.0578. The molecule has 1 aliphatic rings. The summed E-state index contributed by atoms with van der Waals surface area (Å²) in [7, 11) is 0. The number of hydrogen-bond donors (Lipinski definition) is 2. The van der Waals surface area contributed by atoms with Gasteiger partial charge in [0.1, 0.15) is 34.7 Å². The molecule has 2 N–H and O–H groups in total. The molecule has 1 heterocycles. The highest BCUT2D eigenvalue weighted by Gasteiger charge is 2.36. The molecule has 0 bridgehead atoms. The largest absolute Gasteiger partial charge is 0.444 e. The number of hydrogen-bond acceptors (Lipinski definition) is 7. The molecule has 51 heavy (non-hydrogen) atoms. The molecule has 3 aromatic rings. The van der Waals surface area contributed by atoms with Crippen LogP contribution in [0.1, 0.15) is 76.1 Å². The first-order valence-electron chi connectivity index (χ1n) is 17.0. The summed E-state index contributed by atoms with van der Waals surface area (Å²) in [4.78, 5) is 41.8. The molecule has 12 heteroatoms. The number of nitrogens with zero attached hydrogens (tertiary/aromatic N) is 1. The molecule has 0 saturated carbocycles. The standard InChI is InChI=1S/C39H47F3N2O7/c1-38(2,3)50-36(47)43-35(34(24-10-14-27(40)15-11-24)25-12-16-28(41)17-13-25)33(46)20-26-8-7-9-32(42)31(26)19-18-30-21-44(29(22-45)23-49-30)37(48)51-39(4,5)6/h7-17,29-30,34-35,45H,18-23H2,1-6H3,(H,43,47)/t29-,30-,35-/m1/s1. The normalized spacial score (nSPS) is 17.2. The van der Waals surface area contributed by atoms with Crippen LogP contribution in [0.25, 0.3) is 0 Å². The highest BCUT2D eigenvalue weighted by molar-refractivity contribution is 5.91. The van der Waals surface area contributed by atoms with Crippen molar-refractivity contribution in [1.29, 1.82) is 0 Å². The van der Waals surface area contributed by atoms with Crippen LogP contribution in [-0.2, 0) is 31.8 Å². The Morgan fingerprint density at radius 1 is 0.882 bits per heavy atom. The van der Waals surface area contributed by atoms with Gasteiger partial charge in [-0.05, 0) is 107 Å². The Hall–Kier alpha value is -4.42. The maximum absolute atomic E-state index is 15.5. The monoisotopic (exact) mass is 712 g/mol. The van der Waals surface area contributed by atoms with Gasteiger partial charge >= 0.3 is 12.2 Å². The number of benzene rings is 3. The van der Waals surface area contributed by atoms with Crippen molar-refractivity contribution < 1.29 is 46.9 Å². The van der Waals surface area contributed by atoms with Crippen LogP contribution >= 0.6 is 0 Å². The summed E-state index contributed by atoms with van der Waals surface area (Å²) in [5, 5.41) is 12.5. The lowest BCUT2D eigenvalue weighted by molar-refractivity contribution is -0.120. The lowest BCUT2D eigenvalue weighted by Gasteiger charge is -2.39. The Bertz CT molecular complexity index is 1610. The van der Waals surface area contributed by atoms with E-state index in [2.05, 4.69) is 5.32 Å². The number of Topliss-reactive ketones (excluding diaryl/α,β-unsaturated/α-hetero) is 1. The number of carbonyl (C=O) groups is 3. The number of aliphatic hydroxyl groups is 1. The first-order chi connectivity index (χ1) is 23.9. The van der Waals surface area contributed by atoms with Gasteiger partial charge in [-0.3, -0.25) is 9.69 Å². The molecule has 0 unspecified atom stereocenters. The molecule has 1 aliphatic heterocycles. The molecule has 1 saturated heterocycles. The molecule has 0 radical (unpaired) electrons. The van der Waals surface area contributed by atoms with E-state index in [1.54, 1.807) is 47.6 Å². The van der Waals surface area contributed by atoms with Crippen LogP contribution < -0.4 is 5.32 Å². The fourth-order valence-corrected chi connectivity index (χ4v) is 5.98. The van der Waals surface area contributed by atoms with Crippen LogP contribution in [0.2, 0.25) is 0 Å².